The molecule has 1 N–H and O–H groups in total. The second kappa shape index (κ2) is 12.4. The van der Waals surface area contributed by atoms with E-state index in [4.69, 9.17) is 16.3 Å². The van der Waals surface area contributed by atoms with Crippen molar-refractivity contribution < 1.29 is 14.3 Å². The number of carbonyl (C=O) groups is 2. The Kier molecular flexibility index (Phi) is 8.79. The molecule has 35 heavy (non-hydrogen) atoms. The molecule has 1 atom stereocenters. The number of nitrogens with one attached hydrogen (secondary N) is 1. The summed E-state index contributed by atoms with van der Waals surface area (Å²) in [4.78, 5) is 28.8. The van der Waals surface area contributed by atoms with E-state index in [1.165, 1.54) is 0 Å². The Morgan fingerprint density at radius 3 is 2.14 bits per heavy atom. The van der Waals surface area contributed by atoms with Crippen molar-refractivity contribution in [2.45, 2.75) is 50.7 Å². The van der Waals surface area contributed by atoms with Crippen molar-refractivity contribution in [1.82, 2.24) is 10.2 Å². The Balaban J connectivity index is 1.60. The Bertz CT molecular complexity index is 1100. The van der Waals surface area contributed by atoms with Crippen molar-refractivity contribution in [1.29, 1.82) is 0 Å². The third-order valence-corrected chi connectivity index (χ3v) is 6.67. The summed E-state index contributed by atoms with van der Waals surface area (Å²) >= 11 is 6.22. The molecular formula is C29H31ClN2O3. The van der Waals surface area contributed by atoms with Crippen LogP contribution in [0.3, 0.4) is 0 Å². The maximum absolute atomic E-state index is 13.6. The Hall–Kier alpha value is -3.31. The standard InChI is InChI=1S/C29H31ClN2O3/c30-25-17-9-10-18-27(25)35-21-28(33)32(20-23-13-5-2-6-14-23)26(19-22-11-3-1-4-12-22)29(34)31-24-15-7-8-16-24/h1-6,9-14,17-18,24,26H,7-8,15-16,19-21H2,(H,31,34)/t26-/m0/s1. The zero-order valence-corrected chi connectivity index (χ0v) is 20.5. The number of amides is 2. The highest BCUT2D eigenvalue weighted by molar-refractivity contribution is 6.32. The minimum Gasteiger partial charge on any atom is -0.482 e. The highest BCUT2D eigenvalue weighted by Crippen LogP contribution is 2.24. The molecule has 6 heteroatoms. The van der Waals surface area contributed by atoms with Gasteiger partial charge in [0.25, 0.3) is 5.91 Å². The Morgan fingerprint density at radius 1 is 0.886 bits per heavy atom. The van der Waals surface area contributed by atoms with Gasteiger partial charge >= 0.3 is 0 Å². The lowest BCUT2D eigenvalue weighted by Gasteiger charge is -2.32. The normalized spacial score (nSPS) is 14.3. The molecule has 3 aromatic rings. The van der Waals surface area contributed by atoms with Gasteiger partial charge in [0.05, 0.1) is 5.02 Å². The van der Waals surface area contributed by atoms with E-state index in [1.807, 2.05) is 66.7 Å². The van der Waals surface area contributed by atoms with Gasteiger partial charge in [-0.25, -0.2) is 0 Å². The lowest BCUT2D eigenvalue weighted by Crippen LogP contribution is -2.53. The van der Waals surface area contributed by atoms with Crippen LogP contribution in [0.25, 0.3) is 0 Å². The smallest absolute Gasteiger partial charge is 0.261 e. The predicted octanol–water partition coefficient (Wildman–Crippen LogP) is 5.42. The van der Waals surface area contributed by atoms with Crippen molar-refractivity contribution in [3.63, 3.8) is 0 Å². The maximum atomic E-state index is 13.6. The highest BCUT2D eigenvalue weighted by Gasteiger charge is 2.32. The third kappa shape index (κ3) is 7.09. The summed E-state index contributed by atoms with van der Waals surface area (Å²) in [5.41, 5.74) is 1.95. The quantitative estimate of drug-likeness (QED) is 0.413. The zero-order chi connectivity index (χ0) is 24.5. The number of nitrogens with zero attached hydrogens (tertiary/aromatic N) is 1. The van der Waals surface area contributed by atoms with Crippen LogP contribution >= 0.6 is 11.6 Å². The van der Waals surface area contributed by atoms with Crippen molar-refractivity contribution >= 4 is 23.4 Å². The molecule has 2 amide bonds. The highest BCUT2D eigenvalue weighted by atomic mass is 35.5. The molecule has 182 valence electrons. The topological polar surface area (TPSA) is 58.6 Å². The van der Waals surface area contributed by atoms with Crippen LogP contribution in [-0.2, 0) is 22.6 Å². The molecule has 1 aliphatic carbocycles. The number of carbonyl (C=O) groups excluding carboxylic acids is 2. The first-order chi connectivity index (χ1) is 17.1. The third-order valence-electron chi connectivity index (χ3n) is 6.36. The van der Waals surface area contributed by atoms with Crippen LogP contribution in [-0.4, -0.2) is 35.4 Å². The first kappa shape index (κ1) is 24.8. The van der Waals surface area contributed by atoms with Gasteiger partial charge in [0, 0.05) is 19.0 Å². The van der Waals surface area contributed by atoms with E-state index in [0.29, 0.717) is 23.7 Å². The molecular weight excluding hydrogens is 460 g/mol. The van der Waals surface area contributed by atoms with Gasteiger partial charge in [0.2, 0.25) is 5.91 Å². The summed E-state index contributed by atoms with van der Waals surface area (Å²) in [6.07, 6.45) is 4.61. The van der Waals surface area contributed by atoms with E-state index in [0.717, 1.165) is 36.8 Å². The lowest BCUT2D eigenvalue weighted by atomic mass is 10.0. The van der Waals surface area contributed by atoms with Crippen LogP contribution in [0.15, 0.2) is 84.9 Å². The summed E-state index contributed by atoms with van der Waals surface area (Å²) < 4.78 is 5.78. The number of para-hydroxylation sites is 1. The fourth-order valence-electron chi connectivity index (χ4n) is 4.49. The minimum atomic E-state index is -0.666. The average Bonchev–Trinajstić information content (AvgIpc) is 3.39. The van der Waals surface area contributed by atoms with E-state index in [1.54, 1.807) is 23.1 Å². The molecule has 0 bridgehead atoms. The molecule has 3 aromatic carbocycles. The second-order valence-corrected chi connectivity index (χ2v) is 9.33. The Labute approximate surface area is 212 Å². The number of rotatable bonds is 10. The molecule has 4 rings (SSSR count). The molecule has 0 saturated heterocycles. The maximum Gasteiger partial charge on any atom is 0.261 e. The van der Waals surface area contributed by atoms with Gasteiger partial charge in [0.15, 0.2) is 6.61 Å². The van der Waals surface area contributed by atoms with Gasteiger partial charge < -0.3 is 15.0 Å². The van der Waals surface area contributed by atoms with Crippen molar-refractivity contribution in [3.8, 4) is 5.75 Å². The van der Waals surface area contributed by atoms with E-state index in [2.05, 4.69) is 5.32 Å². The fraction of sp³-hybridized carbons (Fsp3) is 0.310. The molecule has 1 fully saturated rings. The monoisotopic (exact) mass is 490 g/mol. The van der Waals surface area contributed by atoms with E-state index in [9.17, 15) is 9.59 Å². The van der Waals surface area contributed by atoms with Crippen molar-refractivity contribution in [3.05, 3.63) is 101 Å². The predicted molar refractivity (Wildman–Crippen MR) is 138 cm³/mol. The number of hydrogen-bond acceptors (Lipinski definition) is 3. The first-order valence-electron chi connectivity index (χ1n) is 12.1. The van der Waals surface area contributed by atoms with Crippen LogP contribution < -0.4 is 10.1 Å². The van der Waals surface area contributed by atoms with Gasteiger partial charge in [-0.3, -0.25) is 9.59 Å². The molecule has 0 radical (unpaired) electrons. The summed E-state index contributed by atoms with van der Waals surface area (Å²) in [5, 5.41) is 3.65. The van der Waals surface area contributed by atoms with Crippen molar-refractivity contribution in [2.75, 3.05) is 6.61 Å². The van der Waals surface area contributed by atoms with Crippen LogP contribution in [0, 0.1) is 0 Å². The first-order valence-corrected chi connectivity index (χ1v) is 12.5. The molecule has 0 unspecified atom stereocenters. The van der Waals surface area contributed by atoms with Gasteiger partial charge in [0.1, 0.15) is 11.8 Å². The largest absolute Gasteiger partial charge is 0.482 e. The molecule has 0 heterocycles. The van der Waals surface area contributed by atoms with Gasteiger partial charge in [-0.1, -0.05) is 97.2 Å². The van der Waals surface area contributed by atoms with Crippen LogP contribution in [0.2, 0.25) is 5.02 Å². The summed E-state index contributed by atoms with van der Waals surface area (Å²) in [7, 11) is 0. The summed E-state index contributed by atoms with van der Waals surface area (Å²) in [6.45, 7) is 0.0969. The van der Waals surface area contributed by atoms with Gasteiger partial charge in [-0.15, -0.1) is 0 Å². The molecule has 1 aliphatic rings. The molecule has 0 aliphatic heterocycles. The van der Waals surface area contributed by atoms with Crippen LogP contribution in [0.1, 0.15) is 36.8 Å². The molecule has 1 saturated carbocycles. The second-order valence-electron chi connectivity index (χ2n) is 8.92. The zero-order valence-electron chi connectivity index (χ0n) is 19.7. The van der Waals surface area contributed by atoms with E-state index in [-0.39, 0.29) is 24.5 Å². The average molecular weight is 491 g/mol. The number of hydrogen-bond donors (Lipinski definition) is 1. The molecule has 5 nitrogen and oxygen atoms in total. The van der Waals surface area contributed by atoms with Gasteiger partial charge in [-0.2, -0.15) is 0 Å². The summed E-state index contributed by atoms with van der Waals surface area (Å²) in [6, 6.07) is 26.1. The molecule has 0 aromatic heterocycles. The minimum absolute atomic E-state index is 0.122. The van der Waals surface area contributed by atoms with E-state index < -0.39 is 6.04 Å². The SMILES string of the molecule is O=C(NC1CCCC1)[C@H](Cc1ccccc1)N(Cc1ccccc1)C(=O)COc1ccccc1Cl. The van der Waals surface area contributed by atoms with Crippen LogP contribution in [0.5, 0.6) is 5.75 Å². The van der Waals surface area contributed by atoms with Crippen molar-refractivity contribution in [2.24, 2.45) is 0 Å². The van der Waals surface area contributed by atoms with Crippen LogP contribution in [0.4, 0.5) is 0 Å². The Morgan fingerprint density at radius 2 is 1.49 bits per heavy atom. The van der Waals surface area contributed by atoms with Gasteiger partial charge in [-0.05, 0) is 36.1 Å². The number of ether oxygens (including phenoxy) is 1. The van der Waals surface area contributed by atoms with E-state index >= 15 is 0 Å². The summed E-state index contributed by atoms with van der Waals surface area (Å²) in [5.74, 6) is 0.0521. The lowest BCUT2D eigenvalue weighted by molar-refractivity contribution is -0.143. The number of halogens is 1. The molecule has 0 spiro atoms. The fourth-order valence-corrected chi connectivity index (χ4v) is 4.68. The number of benzene rings is 3.